The van der Waals surface area contributed by atoms with Gasteiger partial charge in [0.05, 0.1) is 19.4 Å². The quantitative estimate of drug-likeness (QED) is 0.733. The first kappa shape index (κ1) is 19.8. The molecule has 0 spiro atoms. The molecular weight excluding hydrogens is 342 g/mol. The zero-order valence-electron chi connectivity index (χ0n) is 16.7. The number of hydrogen-bond donors (Lipinski definition) is 1. The van der Waals surface area contributed by atoms with E-state index in [9.17, 15) is 4.79 Å². The number of unbranched alkanes of at least 4 members (excludes halogenated alkanes) is 1. The molecule has 0 bridgehead atoms. The van der Waals surface area contributed by atoms with Crippen LogP contribution in [0.5, 0.6) is 11.5 Å². The van der Waals surface area contributed by atoms with Gasteiger partial charge in [0.1, 0.15) is 11.5 Å². The zero-order chi connectivity index (χ0) is 19.1. The molecule has 2 amide bonds. The third-order valence-corrected chi connectivity index (χ3v) is 5.63. The van der Waals surface area contributed by atoms with Crippen molar-refractivity contribution in [2.45, 2.75) is 51.5 Å². The fraction of sp³-hybridized carbons (Fsp3) is 0.667. The van der Waals surface area contributed by atoms with Crippen molar-refractivity contribution in [3.8, 4) is 11.5 Å². The van der Waals surface area contributed by atoms with Crippen LogP contribution in [0.1, 0.15) is 45.4 Å². The van der Waals surface area contributed by atoms with E-state index in [1.807, 2.05) is 23.1 Å². The average molecular weight is 376 g/mol. The maximum absolute atomic E-state index is 12.8. The van der Waals surface area contributed by atoms with Crippen molar-refractivity contribution in [2.24, 2.45) is 0 Å². The molecule has 1 N–H and O–H groups in total. The minimum Gasteiger partial charge on any atom is -0.497 e. The van der Waals surface area contributed by atoms with Gasteiger partial charge in [0, 0.05) is 38.3 Å². The first-order valence-electron chi connectivity index (χ1n) is 10.3. The van der Waals surface area contributed by atoms with E-state index in [0.29, 0.717) is 23.8 Å². The largest absolute Gasteiger partial charge is 0.497 e. The third-order valence-electron chi connectivity index (χ3n) is 5.63. The van der Waals surface area contributed by atoms with E-state index in [4.69, 9.17) is 9.47 Å². The second-order valence-corrected chi connectivity index (χ2v) is 7.46. The molecule has 2 aliphatic rings. The molecule has 1 saturated carbocycles. The van der Waals surface area contributed by atoms with Crippen LogP contribution < -0.4 is 14.8 Å². The summed E-state index contributed by atoms with van der Waals surface area (Å²) in [4.78, 5) is 17.2. The second kappa shape index (κ2) is 9.83. The number of benzene rings is 1. The Labute approximate surface area is 162 Å². The highest BCUT2D eigenvalue weighted by atomic mass is 16.5. The van der Waals surface area contributed by atoms with Gasteiger partial charge in [-0.05, 0) is 31.4 Å². The van der Waals surface area contributed by atoms with Crippen molar-refractivity contribution in [3.63, 3.8) is 0 Å². The fourth-order valence-corrected chi connectivity index (χ4v) is 3.94. The van der Waals surface area contributed by atoms with Gasteiger partial charge in [-0.3, -0.25) is 4.90 Å². The molecule has 1 saturated heterocycles. The Hall–Kier alpha value is -1.95. The van der Waals surface area contributed by atoms with Crippen molar-refractivity contribution in [3.05, 3.63) is 18.2 Å². The molecule has 0 aromatic heterocycles. The summed E-state index contributed by atoms with van der Waals surface area (Å²) in [5, 5.41) is 3.03. The summed E-state index contributed by atoms with van der Waals surface area (Å²) in [6.07, 6.45) is 7.39. The number of nitrogens with zero attached hydrogens (tertiary/aromatic N) is 2. The lowest BCUT2D eigenvalue weighted by Gasteiger charge is -2.38. The summed E-state index contributed by atoms with van der Waals surface area (Å²) >= 11 is 0. The van der Waals surface area contributed by atoms with Gasteiger partial charge in [0.2, 0.25) is 0 Å². The third kappa shape index (κ3) is 5.28. The molecule has 150 valence electrons. The number of ether oxygens (including phenoxy) is 2. The van der Waals surface area contributed by atoms with Crippen molar-refractivity contribution in [1.29, 1.82) is 0 Å². The molecule has 0 atom stereocenters. The lowest BCUT2D eigenvalue weighted by atomic mass is 10.2. The molecule has 6 heteroatoms. The number of piperazine rings is 1. The predicted octanol–water partition coefficient (Wildman–Crippen LogP) is 3.97. The molecule has 1 aliphatic heterocycles. The summed E-state index contributed by atoms with van der Waals surface area (Å²) in [5.41, 5.74) is 0.675. The van der Waals surface area contributed by atoms with Crippen LogP contribution in [-0.4, -0.2) is 61.8 Å². The molecule has 6 nitrogen and oxygen atoms in total. The highest BCUT2D eigenvalue weighted by molar-refractivity contribution is 5.91. The maximum Gasteiger partial charge on any atom is 0.322 e. The van der Waals surface area contributed by atoms with E-state index in [1.165, 1.54) is 25.7 Å². The number of urea groups is 1. The van der Waals surface area contributed by atoms with Crippen molar-refractivity contribution in [2.75, 3.05) is 45.2 Å². The Bertz CT molecular complexity index is 609. The molecule has 1 aromatic carbocycles. The first-order valence-corrected chi connectivity index (χ1v) is 10.3. The molecule has 1 aromatic rings. The molecule has 2 fully saturated rings. The number of rotatable bonds is 7. The lowest BCUT2D eigenvalue weighted by molar-refractivity contribution is 0.115. The van der Waals surface area contributed by atoms with Gasteiger partial charge in [-0.25, -0.2) is 4.79 Å². The van der Waals surface area contributed by atoms with Crippen LogP contribution in [-0.2, 0) is 0 Å². The highest BCUT2D eigenvalue weighted by Gasteiger charge is 2.28. The van der Waals surface area contributed by atoms with Crippen LogP contribution >= 0.6 is 0 Å². The highest BCUT2D eigenvalue weighted by Crippen LogP contribution is 2.30. The van der Waals surface area contributed by atoms with E-state index in [2.05, 4.69) is 17.1 Å². The number of hydrogen-bond acceptors (Lipinski definition) is 4. The van der Waals surface area contributed by atoms with Crippen molar-refractivity contribution in [1.82, 2.24) is 9.80 Å². The Morgan fingerprint density at radius 3 is 2.59 bits per heavy atom. The number of carbonyl (C=O) groups is 1. The van der Waals surface area contributed by atoms with Gasteiger partial charge in [-0.15, -0.1) is 0 Å². The zero-order valence-corrected chi connectivity index (χ0v) is 16.7. The van der Waals surface area contributed by atoms with Crippen LogP contribution in [0.4, 0.5) is 10.5 Å². The van der Waals surface area contributed by atoms with Crippen molar-refractivity contribution < 1.29 is 14.3 Å². The van der Waals surface area contributed by atoms with E-state index in [1.54, 1.807) is 7.11 Å². The molecular formula is C21H33N3O3. The smallest absolute Gasteiger partial charge is 0.322 e. The number of methoxy groups -OCH3 is 1. The second-order valence-electron chi connectivity index (χ2n) is 7.46. The first-order chi connectivity index (χ1) is 13.2. The monoisotopic (exact) mass is 375 g/mol. The molecule has 1 aliphatic carbocycles. The van der Waals surface area contributed by atoms with Crippen LogP contribution in [0.2, 0.25) is 0 Å². The summed E-state index contributed by atoms with van der Waals surface area (Å²) in [6.45, 7) is 6.26. The topological polar surface area (TPSA) is 54.0 Å². The van der Waals surface area contributed by atoms with E-state index >= 15 is 0 Å². The minimum absolute atomic E-state index is 0.0605. The number of nitrogens with one attached hydrogen (secondary N) is 1. The van der Waals surface area contributed by atoms with Crippen LogP contribution in [0.25, 0.3) is 0 Å². The predicted molar refractivity (Wildman–Crippen MR) is 108 cm³/mol. The average Bonchev–Trinajstić information content (AvgIpc) is 3.24. The fourth-order valence-electron chi connectivity index (χ4n) is 3.94. The molecule has 27 heavy (non-hydrogen) atoms. The molecule has 0 radical (unpaired) electrons. The maximum atomic E-state index is 12.8. The Balaban J connectivity index is 1.57. The summed E-state index contributed by atoms with van der Waals surface area (Å²) < 4.78 is 11.2. The molecule has 0 unspecified atom stereocenters. The molecule has 3 rings (SSSR count). The van der Waals surface area contributed by atoms with Gasteiger partial charge >= 0.3 is 6.03 Å². The summed E-state index contributed by atoms with van der Waals surface area (Å²) in [7, 11) is 1.63. The standard InChI is InChI=1S/C21H33N3O3/c1-3-4-15-27-20-10-9-18(26-2)16-19(20)22-21(25)24-13-11-23(12-14-24)17-7-5-6-8-17/h9-10,16-17H,3-8,11-15H2,1-2H3,(H,22,25). The molecule has 1 heterocycles. The van der Waals surface area contributed by atoms with E-state index < -0.39 is 0 Å². The van der Waals surface area contributed by atoms with Gasteiger partial charge in [-0.1, -0.05) is 26.2 Å². The van der Waals surface area contributed by atoms with Crippen LogP contribution in [0.3, 0.4) is 0 Å². The Morgan fingerprint density at radius 2 is 1.93 bits per heavy atom. The Morgan fingerprint density at radius 1 is 1.19 bits per heavy atom. The van der Waals surface area contributed by atoms with Gasteiger partial charge in [-0.2, -0.15) is 0 Å². The van der Waals surface area contributed by atoms with Gasteiger partial charge < -0.3 is 19.7 Å². The minimum atomic E-state index is -0.0605. The van der Waals surface area contributed by atoms with E-state index in [0.717, 1.165) is 45.1 Å². The van der Waals surface area contributed by atoms with Crippen LogP contribution in [0, 0.1) is 0 Å². The number of anilines is 1. The summed E-state index contributed by atoms with van der Waals surface area (Å²) in [5.74, 6) is 1.40. The Kier molecular flexibility index (Phi) is 7.21. The number of carbonyl (C=O) groups excluding carboxylic acids is 1. The van der Waals surface area contributed by atoms with Crippen LogP contribution in [0.15, 0.2) is 18.2 Å². The van der Waals surface area contributed by atoms with Gasteiger partial charge in [0.15, 0.2) is 0 Å². The van der Waals surface area contributed by atoms with Gasteiger partial charge in [0.25, 0.3) is 0 Å². The lowest BCUT2D eigenvalue weighted by Crippen LogP contribution is -2.52. The normalized spacial score (nSPS) is 18.5. The van der Waals surface area contributed by atoms with E-state index in [-0.39, 0.29) is 6.03 Å². The van der Waals surface area contributed by atoms with Crippen molar-refractivity contribution >= 4 is 11.7 Å². The summed E-state index contributed by atoms with van der Waals surface area (Å²) in [6, 6.07) is 6.22. The SMILES string of the molecule is CCCCOc1ccc(OC)cc1NC(=O)N1CCN(C2CCCC2)CC1. The number of amides is 2.